The van der Waals surface area contributed by atoms with Gasteiger partial charge in [-0.05, 0) is 35.9 Å². The molecule has 0 atom stereocenters. The highest BCUT2D eigenvalue weighted by Crippen LogP contribution is 2.24. The largest absolute Gasteiger partial charge is 0.378 e. The third kappa shape index (κ3) is 3.64. The molecule has 6 heteroatoms. The summed E-state index contributed by atoms with van der Waals surface area (Å²) in [4.78, 5) is 26.4. The highest BCUT2D eigenvalue weighted by atomic mass is 16.2. The molecule has 0 saturated heterocycles. The van der Waals surface area contributed by atoms with Crippen molar-refractivity contribution in [1.29, 1.82) is 0 Å². The number of hydrogen-bond acceptors (Lipinski definition) is 4. The number of hydrazone groups is 1. The lowest BCUT2D eigenvalue weighted by Gasteiger charge is -2.12. The molecule has 0 spiro atoms. The minimum atomic E-state index is -0.281. The van der Waals surface area contributed by atoms with E-state index in [4.69, 9.17) is 0 Å². The van der Waals surface area contributed by atoms with Crippen molar-refractivity contribution in [2.75, 3.05) is 24.0 Å². The predicted molar refractivity (Wildman–Crippen MR) is 104 cm³/mol. The summed E-state index contributed by atoms with van der Waals surface area (Å²) in [7, 11) is 3.93. The van der Waals surface area contributed by atoms with Crippen LogP contribution in [0.1, 0.15) is 12.5 Å². The average molecular weight is 348 g/mol. The molecule has 6 nitrogen and oxygen atoms in total. The summed E-state index contributed by atoms with van der Waals surface area (Å²) >= 11 is 0. The number of benzene rings is 2. The molecule has 1 N–H and O–H groups in total. The van der Waals surface area contributed by atoms with Crippen molar-refractivity contribution in [2.45, 2.75) is 6.92 Å². The van der Waals surface area contributed by atoms with Crippen LogP contribution in [-0.4, -0.2) is 31.7 Å². The second-order valence-corrected chi connectivity index (χ2v) is 6.13. The summed E-state index contributed by atoms with van der Waals surface area (Å²) in [5.74, 6) is -0.306. The van der Waals surface area contributed by atoms with E-state index in [0.717, 1.165) is 11.3 Å². The van der Waals surface area contributed by atoms with Gasteiger partial charge in [-0.1, -0.05) is 30.3 Å². The Bertz CT molecular complexity index is 884. The first-order chi connectivity index (χ1) is 12.5. The van der Waals surface area contributed by atoms with Gasteiger partial charge in [0.25, 0.3) is 5.91 Å². The number of hydrogen-bond donors (Lipinski definition) is 1. The lowest BCUT2D eigenvalue weighted by atomic mass is 10.1. The Hall–Kier alpha value is -3.41. The molecule has 0 bridgehead atoms. The van der Waals surface area contributed by atoms with Gasteiger partial charge < -0.3 is 10.2 Å². The van der Waals surface area contributed by atoms with Crippen molar-refractivity contribution in [1.82, 2.24) is 5.32 Å². The van der Waals surface area contributed by atoms with Crippen molar-refractivity contribution in [3.05, 3.63) is 65.7 Å². The van der Waals surface area contributed by atoms with E-state index in [0.29, 0.717) is 11.3 Å². The van der Waals surface area contributed by atoms with Crippen LogP contribution in [-0.2, 0) is 9.59 Å². The minimum absolute atomic E-state index is 0.253. The van der Waals surface area contributed by atoms with Crippen LogP contribution in [0.3, 0.4) is 0 Å². The number of amidine groups is 1. The fourth-order valence-corrected chi connectivity index (χ4v) is 2.58. The average Bonchev–Trinajstić information content (AvgIpc) is 2.92. The number of amides is 2. The Labute approximate surface area is 152 Å². The summed E-state index contributed by atoms with van der Waals surface area (Å²) in [5.41, 5.74) is 2.91. The zero-order chi connectivity index (χ0) is 18.7. The Kier molecular flexibility index (Phi) is 4.84. The molecule has 0 aromatic heterocycles. The molecule has 132 valence electrons. The van der Waals surface area contributed by atoms with Gasteiger partial charge in [0.2, 0.25) is 5.91 Å². The fourth-order valence-electron chi connectivity index (χ4n) is 2.58. The van der Waals surface area contributed by atoms with E-state index >= 15 is 0 Å². The van der Waals surface area contributed by atoms with E-state index in [-0.39, 0.29) is 17.6 Å². The second-order valence-electron chi connectivity index (χ2n) is 6.13. The molecule has 1 aliphatic heterocycles. The number of rotatable bonds is 3. The Morgan fingerprint density at radius 3 is 2.31 bits per heavy atom. The van der Waals surface area contributed by atoms with Gasteiger partial charge in [-0.3, -0.25) is 9.59 Å². The van der Waals surface area contributed by atoms with Crippen molar-refractivity contribution in [2.24, 2.45) is 5.10 Å². The normalized spacial score (nSPS) is 15.2. The lowest BCUT2D eigenvalue weighted by Crippen LogP contribution is -2.29. The first-order valence-corrected chi connectivity index (χ1v) is 8.21. The minimum Gasteiger partial charge on any atom is -0.378 e. The van der Waals surface area contributed by atoms with Crippen LogP contribution < -0.4 is 15.2 Å². The summed E-state index contributed by atoms with van der Waals surface area (Å²) in [6.45, 7) is 1.39. The van der Waals surface area contributed by atoms with E-state index in [1.54, 1.807) is 18.2 Å². The molecular formula is C20H20N4O2. The Morgan fingerprint density at radius 2 is 1.73 bits per heavy atom. The third-order valence-electron chi connectivity index (χ3n) is 3.89. The topological polar surface area (TPSA) is 65.0 Å². The lowest BCUT2D eigenvalue weighted by molar-refractivity contribution is -0.117. The first-order valence-electron chi connectivity index (χ1n) is 8.21. The molecule has 0 aliphatic carbocycles. The van der Waals surface area contributed by atoms with Crippen LogP contribution in [0.5, 0.6) is 0 Å². The van der Waals surface area contributed by atoms with Gasteiger partial charge in [0.05, 0.1) is 11.3 Å². The Balaban J connectivity index is 1.97. The molecule has 0 unspecified atom stereocenters. The molecule has 1 heterocycles. The maximum Gasteiger partial charge on any atom is 0.282 e. The first kappa shape index (κ1) is 17.4. The van der Waals surface area contributed by atoms with Gasteiger partial charge in [-0.15, -0.1) is 5.10 Å². The SMILES string of the molecule is CC(=O)NC1=NN(c2ccccc2)C(=O)/C1=C\c1ccc(N(C)C)cc1. The second kappa shape index (κ2) is 7.23. The van der Waals surface area contributed by atoms with E-state index in [1.807, 2.05) is 61.5 Å². The predicted octanol–water partition coefficient (Wildman–Crippen LogP) is 2.63. The standard InChI is InChI=1S/C20H20N4O2/c1-14(25)21-19-18(13-15-9-11-16(12-10-15)23(2)3)20(26)24(22-19)17-7-5-4-6-8-17/h4-13H,1-3H3,(H,21,22,25)/b18-13-. The van der Waals surface area contributed by atoms with Gasteiger partial charge in [-0.2, -0.15) is 5.01 Å². The number of nitrogens with zero attached hydrogens (tertiary/aromatic N) is 3. The van der Waals surface area contributed by atoms with Gasteiger partial charge in [0.15, 0.2) is 5.84 Å². The maximum absolute atomic E-state index is 12.9. The molecule has 2 aromatic carbocycles. The molecule has 0 fully saturated rings. The van der Waals surface area contributed by atoms with Crippen molar-refractivity contribution >= 4 is 35.1 Å². The molecule has 0 saturated carbocycles. The number of anilines is 2. The number of nitrogens with one attached hydrogen (secondary N) is 1. The summed E-state index contributed by atoms with van der Waals surface area (Å²) < 4.78 is 0. The van der Waals surface area contributed by atoms with Crippen LogP contribution in [0, 0.1) is 0 Å². The molecular weight excluding hydrogens is 328 g/mol. The van der Waals surface area contributed by atoms with Crippen molar-refractivity contribution in [3.8, 4) is 0 Å². The van der Waals surface area contributed by atoms with Crippen LogP contribution in [0.4, 0.5) is 11.4 Å². The van der Waals surface area contributed by atoms with Crippen LogP contribution in [0.2, 0.25) is 0 Å². The quantitative estimate of drug-likeness (QED) is 0.867. The van der Waals surface area contributed by atoms with E-state index < -0.39 is 0 Å². The smallest absolute Gasteiger partial charge is 0.282 e. The molecule has 26 heavy (non-hydrogen) atoms. The highest BCUT2D eigenvalue weighted by molar-refractivity contribution is 6.33. The molecule has 0 radical (unpaired) electrons. The zero-order valence-electron chi connectivity index (χ0n) is 14.9. The van der Waals surface area contributed by atoms with Crippen LogP contribution in [0.15, 0.2) is 65.3 Å². The number of carbonyl (C=O) groups is 2. The molecule has 1 aliphatic rings. The maximum atomic E-state index is 12.9. The van der Waals surface area contributed by atoms with Gasteiger partial charge >= 0.3 is 0 Å². The monoisotopic (exact) mass is 348 g/mol. The number of para-hydroxylation sites is 1. The van der Waals surface area contributed by atoms with E-state index in [9.17, 15) is 9.59 Å². The van der Waals surface area contributed by atoms with E-state index in [1.165, 1.54) is 11.9 Å². The van der Waals surface area contributed by atoms with Gasteiger partial charge in [0.1, 0.15) is 0 Å². The summed E-state index contributed by atoms with van der Waals surface area (Å²) in [6, 6.07) is 16.9. The molecule has 2 aromatic rings. The van der Waals surface area contributed by atoms with Gasteiger partial charge in [-0.25, -0.2) is 0 Å². The van der Waals surface area contributed by atoms with E-state index in [2.05, 4.69) is 10.4 Å². The van der Waals surface area contributed by atoms with Crippen LogP contribution >= 0.6 is 0 Å². The summed E-state index contributed by atoms with van der Waals surface area (Å²) in [6.07, 6.45) is 1.74. The van der Waals surface area contributed by atoms with Crippen molar-refractivity contribution in [3.63, 3.8) is 0 Å². The molecule has 2 amide bonds. The highest BCUT2D eigenvalue weighted by Gasteiger charge is 2.31. The van der Waals surface area contributed by atoms with Gasteiger partial charge in [0, 0.05) is 26.7 Å². The fraction of sp³-hybridized carbons (Fsp3) is 0.150. The summed E-state index contributed by atoms with van der Waals surface area (Å²) in [5, 5.41) is 8.24. The number of carbonyl (C=O) groups excluding carboxylic acids is 2. The molecule has 3 rings (SSSR count). The Morgan fingerprint density at radius 1 is 1.08 bits per heavy atom. The van der Waals surface area contributed by atoms with Crippen LogP contribution in [0.25, 0.3) is 6.08 Å². The zero-order valence-corrected chi connectivity index (χ0v) is 14.9. The van der Waals surface area contributed by atoms with Crippen molar-refractivity contribution < 1.29 is 9.59 Å². The third-order valence-corrected chi connectivity index (χ3v) is 3.89.